The molecule has 1 heterocycles. The number of rotatable bonds is 8. The molecule has 4 nitrogen and oxygen atoms in total. The van der Waals surface area contributed by atoms with Crippen LogP contribution in [0.5, 0.6) is 0 Å². The third-order valence-electron chi connectivity index (χ3n) is 2.84. The maximum atomic E-state index is 10.6. The van der Waals surface area contributed by atoms with Gasteiger partial charge < -0.3 is 9.67 Å². The normalized spacial score (nSPS) is 12.6. The SMILES string of the molecule is CCCCCC(C)n1cc(C)nc1SCC(=O)O. The first-order chi connectivity index (χ1) is 8.54. The molecule has 0 spiro atoms. The number of nitrogens with zero attached hydrogens (tertiary/aromatic N) is 2. The summed E-state index contributed by atoms with van der Waals surface area (Å²) in [4.78, 5) is 15.0. The Bertz CT molecular complexity index is 390. The molecule has 0 saturated heterocycles. The molecular formula is C13H22N2O2S. The molecule has 0 bridgehead atoms. The van der Waals surface area contributed by atoms with Crippen molar-refractivity contribution in [1.29, 1.82) is 0 Å². The lowest BCUT2D eigenvalue weighted by Crippen LogP contribution is -2.07. The third-order valence-corrected chi connectivity index (χ3v) is 3.80. The molecule has 0 aromatic carbocycles. The van der Waals surface area contributed by atoms with Crippen LogP contribution in [0.3, 0.4) is 0 Å². The first-order valence-electron chi connectivity index (χ1n) is 6.44. The average Bonchev–Trinajstić information content (AvgIpc) is 2.68. The predicted molar refractivity (Wildman–Crippen MR) is 74.2 cm³/mol. The minimum absolute atomic E-state index is 0.0676. The number of carboxylic acid groups (broad SMARTS) is 1. The van der Waals surface area contributed by atoms with Crippen LogP contribution in [0.25, 0.3) is 0 Å². The maximum Gasteiger partial charge on any atom is 0.313 e. The fraction of sp³-hybridized carbons (Fsp3) is 0.692. The van der Waals surface area contributed by atoms with Gasteiger partial charge in [-0.2, -0.15) is 0 Å². The van der Waals surface area contributed by atoms with Crippen molar-refractivity contribution in [1.82, 2.24) is 9.55 Å². The topological polar surface area (TPSA) is 55.1 Å². The standard InChI is InChI=1S/C13H22N2O2S/c1-4-5-6-7-11(3)15-8-10(2)14-13(15)18-9-12(16)17/h8,11H,4-7,9H2,1-3H3,(H,16,17). The van der Waals surface area contributed by atoms with Crippen LogP contribution in [0.15, 0.2) is 11.4 Å². The van der Waals surface area contributed by atoms with Crippen LogP contribution < -0.4 is 0 Å². The smallest absolute Gasteiger partial charge is 0.313 e. The van der Waals surface area contributed by atoms with E-state index in [1.807, 2.05) is 13.1 Å². The number of carbonyl (C=O) groups is 1. The van der Waals surface area contributed by atoms with Gasteiger partial charge >= 0.3 is 5.97 Å². The Morgan fingerprint density at radius 1 is 1.56 bits per heavy atom. The summed E-state index contributed by atoms with van der Waals surface area (Å²) in [6.45, 7) is 6.31. The quantitative estimate of drug-likeness (QED) is 0.580. The zero-order valence-corrected chi connectivity index (χ0v) is 12.2. The lowest BCUT2D eigenvalue weighted by Gasteiger charge is -2.15. The van der Waals surface area contributed by atoms with E-state index in [-0.39, 0.29) is 5.75 Å². The Kier molecular flexibility index (Phi) is 6.25. The number of unbranched alkanes of at least 4 members (excludes halogenated alkanes) is 2. The molecule has 0 aliphatic rings. The Hall–Kier alpha value is -0.970. The highest BCUT2D eigenvalue weighted by Gasteiger charge is 2.13. The molecule has 1 aromatic heterocycles. The van der Waals surface area contributed by atoms with Crippen LogP contribution in [0.1, 0.15) is 51.3 Å². The molecule has 1 rings (SSSR count). The molecule has 1 aromatic rings. The largest absolute Gasteiger partial charge is 0.481 e. The predicted octanol–water partition coefficient (Wildman–Crippen LogP) is 3.51. The summed E-state index contributed by atoms with van der Waals surface area (Å²) in [6, 6.07) is 0.383. The van der Waals surface area contributed by atoms with Crippen LogP contribution in [0.4, 0.5) is 0 Å². The second-order valence-corrected chi connectivity index (χ2v) is 5.54. The maximum absolute atomic E-state index is 10.6. The zero-order valence-electron chi connectivity index (χ0n) is 11.3. The number of aryl methyl sites for hydroxylation is 1. The van der Waals surface area contributed by atoms with Gasteiger partial charge in [0.25, 0.3) is 0 Å². The van der Waals surface area contributed by atoms with Gasteiger partial charge in [-0.15, -0.1) is 0 Å². The molecule has 0 radical (unpaired) electrons. The van der Waals surface area contributed by atoms with Crippen LogP contribution >= 0.6 is 11.8 Å². The highest BCUT2D eigenvalue weighted by Crippen LogP contribution is 2.24. The van der Waals surface area contributed by atoms with E-state index in [2.05, 4.69) is 23.4 Å². The minimum Gasteiger partial charge on any atom is -0.481 e. The molecule has 1 atom stereocenters. The van der Waals surface area contributed by atoms with Crippen LogP contribution in [0, 0.1) is 6.92 Å². The molecular weight excluding hydrogens is 248 g/mol. The number of aliphatic carboxylic acids is 1. The number of aromatic nitrogens is 2. The Morgan fingerprint density at radius 3 is 2.89 bits per heavy atom. The van der Waals surface area contributed by atoms with Crippen LogP contribution in [-0.2, 0) is 4.79 Å². The van der Waals surface area contributed by atoms with Crippen molar-refractivity contribution in [3.8, 4) is 0 Å². The summed E-state index contributed by atoms with van der Waals surface area (Å²) in [7, 11) is 0. The van der Waals surface area contributed by atoms with Gasteiger partial charge in [-0.3, -0.25) is 4.79 Å². The van der Waals surface area contributed by atoms with Crippen molar-refractivity contribution in [3.05, 3.63) is 11.9 Å². The Morgan fingerprint density at radius 2 is 2.28 bits per heavy atom. The minimum atomic E-state index is -0.800. The van der Waals surface area contributed by atoms with Crippen LogP contribution in [-0.4, -0.2) is 26.4 Å². The van der Waals surface area contributed by atoms with E-state index in [9.17, 15) is 4.79 Å². The van der Waals surface area contributed by atoms with E-state index < -0.39 is 5.97 Å². The first-order valence-corrected chi connectivity index (χ1v) is 7.43. The van der Waals surface area contributed by atoms with E-state index >= 15 is 0 Å². The third kappa shape index (κ3) is 4.72. The van der Waals surface area contributed by atoms with Crippen molar-refractivity contribution < 1.29 is 9.90 Å². The zero-order chi connectivity index (χ0) is 13.5. The summed E-state index contributed by atoms with van der Waals surface area (Å²) < 4.78 is 2.11. The molecule has 0 saturated carbocycles. The molecule has 0 fully saturated rings. The molecule has 5 heteroatoms. The number of hydrogen-bond acceptors (Lipinski definition) is 3. The summed E-state index contributed by atoms with van der Waals surface area (Å²) in [5.74, 6) is -0.733. The molecule has 0 aliphatic carbocycles. The van der Waals surface area contributed by atoms with Crippen LogP contribution in [0.2, 0.25) is 0 Å². The Balaban J connectivity index is 2.64. The number of hydrogen-bond donors (Lipinski definition) is 1. The van der Waals surface area contributed by atoms with Crippen molar-refractivity contribution >= 4 is 17.7 Å². The number of carboxylic acids is 1. The van der Waals surface area contributed by atoms with Gasteiger partial charge in [-0.25, -0.2) is 4.98 Å². The molecule has 18 heavy (non-hydrogen) atoms. The van der Waals surface area contributed by atoms with Gasteiger partial charge in [0.1, 0.15) is 0 Å². The first kappa shape index (κ1) is 15.1. The van der Waals surface area contributed by atoms with Crippen molar-refractivity contribution in [2.75, 3.05) is 5.75 Å². The lowest BCUT2D eigenvalue weighted by atomic mass is 10.1. The van der Waals surface area contributed by atoms with Gasteiger partial charge in [0, 0.05) is 12.2 Å². The lowest BCUT2D eigenvalue weighted by molar-refractivity contribution is -0.133. The summed E-state index contributed by atoms with van der Waals surface area (Å²) in [5.41, 5.74) is 0.949. The fourth-order valence-electron chi connectivity index (χ4n) is 1.87. The van der Waals surface area contributed by atoms with Crippen molar-refractivity contribution in [3.63, 3.8) is 0 Å². The van der Waals surface area contributed by atoms with Crippen molar-refractivity contribution in [2.45, 2.75) is 57.7 Å². The summed E-state index contributed by atoms with van der Waals surface area (Å²) in [6.07, 6.45) is 6.80. The second-order valence-electron chi connectivity index (χ2n) is 4.60. The summed E-state index contributed by atoms with van der Waals surface area (Å²) in [5, 5.41) is 9.54. The second kappa shape index (κ2) is 7.46. The Labute approximate surface area is 113 Å². The van der Waals surface area contributed by atoms with Gasteiger partial charge in [0.15, 0.2) is 5.16 Å². The monoisotopic (exact) mass is 270 g/mol. The molecule has 0 aliphatic heterocycles. The highest BCUT2D eigenvalue weighted by atomic mass is 32.2. The number of imidazole rings is 1. The highest BCUT2D eigenvalue weighted by molar-refractivity contribution is 7.99. The van der Waals surface area contributed by atoms with E-state index in [1.54, 1.807) is 0 Å². The molecule has 1 N–H and O–H groups in total. The van der Waals surface area contributed by atoms with Gasteiger partial charge in [-0.05, 0) is 20.3 Å². The van der Waals surface area contributed by atoms with E-state index in [0.29, 0.717) is 6.04 Å². The van der Waals surface area contributed by atoms with E-state index in [1.165, 1.54) is 31.0 Å². The average molecular weight is 270 g/mol. The van der Waals surface area contributed by atoms with Gasteiger partial charge in [-0.1, -0.05) is 37.9 Å². The summed E-state index contributed by atoms with van der Waals surface area (Å²) >= 11 is 1.30. The molecule has 102 valence electrons. The van der Waals surface area contributed by atoms with E-state index in [0.717, 1.165) is 17.3 Å². The fourth-order valence-corrected chi connectivity index (χ4v) is 2.71. The van der Waals surface area contributed by atoms with E-state index in [4.69, 9.17) is 5.11 Å². The molecule has 1 unspecified atom stereocenters. The van der Waals surface area contributed by atoms with Crippen molar-refractivity contribution in [2.24, 2.45) is 0 Å². The van der Waals surface area contributed by atoms with Gasteiger partial charge in [0.05, 0.1) is 11.4 Å². The van der Waals surface area contributed by atoms with Gasteiger partial charge in [0.2, 0.25) is 0 Å². The number of thioether (sulfide) groups is 1. The molecule has 0 amide bonds.